The summed E-state index contributed by atoms with van der Waals surface area (Å²) in [7, 11) is 3.36. The van der Waals surface area contributed by atoms with Crippen molar-refractivity contribution in [3.8, 4) is 0 Å². The smallest absolute Gasteiger partial charge is 0.328 e. The largest absolute Gasteiger partial charge is 0.481 e. The van der Waals surface area contributed by atoms with Crippen LogP contribution in [0.1, 0.15) is 26.7 Å². The van der Waals surface area contributed by atoms with E-state index < -0.39 is 11.4 Å². The van der Waals surface area contributed by atoms with Crippen LogP contribution in [-0.2, 0) is 23.7 Å². The maximum absolute atomic E-state index is 12.1. The number of hydrogen-bond acceptors (Lipinski definition) is 3. The third kappa shape index (κ3) is 3.61. The fourth-order valence-electron chi connectivity index (χ4n) is 2.70. The summed E-state index contributed by atoms with van der Waals surface area (Å²) < 4.78 is 3.05. The third-order valence-electron chi connectivity index (χ3n) is 3.82. The summed E-state index contributed by atoms with van der Waals surface area (Å²) in [6, 6.07) is 5.23. The van der Waals surface area contributed by atoms with Crippen LogP contribution in [0.2, 0.25) is 0 Å². The predicted molar refractivity (Wildman–Crippen MR) is 87.4 cm³/mol. The minimum absolute atomic E-state index is 0.0767. The van der Waals surface area contributed by atoms with Crippen LogP contribution in [0.25, 0.3) is 11.0 Å². The van der Waals surface area contributed by atoms with Gasteiger partial charge in [-0.1, -0.05) is 13.8 Å². The van der Waals surface area contributed by atoms with Crippen molar-refractivity contribution in [2.75, 3.05) is 5.32 Å². The number of carbonyl (C=O) groups excluding carboxylic acids is 1. The molecule has 0 aliphatic rings. The van der Waals surface area contributed by atoms with Crippen LogP contribution in [0, 0.1) is 5.41 Å². The molecule has 1 amide bonds. The van der Waals surface area contributed by atoms with Crippen LogP contribution in [0.3, 0.4) is 0 Å². The van der Waals surface area contributed by atoms with Crippen molar-refractivity contribution in [3.63, 3.8) is 0 Å². The lowest BCUT2D eigenvalue weighted by atomic mass is 9.85. The van der Waals surface area contributed by atoms with Crippen LogP contribution in [0.15, 0.2) is 23.0 Å². The summed E-state index contributed by atoms with van der Waals surface area (Å²) >= 11 is 0. The first-order valence-electron chi connectivity index (χ1n) is 7.28. The van der Waals surface area contributed by atoms with Gasteiger partial charge in [-0.3, -0.25) is 18.7 Å². The highest BCUT2D eigenvalue weighted by molar-refractivity contribution is 5.93. The molecule has 0 saturated carbocycles. The minimum Gasteiger partial charge on any atom is -0.481 e. The second kappa shape index (κ2) is 5.91. The zero-order valence-corrected chi connectivity index (χ0v) is 13.7. The number of hydrogen-bond donors (Lipinski definition) is 2. The highest BCUT2D eigenvalue weighted by Gasteiger charge is 2.25. The van der Waals surface area contributed by atoms with Crippen molar-refractivity contribution in [3.05, 3.63) is 28.7 Å². The van der Waals surface area contributed by atoms with E-state index in [0.29, 0.717) is 5.69 Å². The van der Waals surface area contributed by atoms with E-state index in [1.54, 1.807) is 46.1 Å². The Labute approximate surface area is 133 Å². The Bertz CT molecular complexity index is 830. The lowest BCUT2D eigenvalue weighted by molar-refractivity contribution is -0.139. The highest BCUT2D eigenvalue weighted by Crippen LogP contribution is 2.26. The molecule has 2 aromatic rings. The van der Waals surface area contributed by atoms with Gasteiger partial charge in [0.1, 0.15) is 0 Å². The van der Waals surface area contributed by atoms with Crippen molar-refractivity contribution < 1.29 is 14.7 Å². The Morgan fingerprint density at radius 2 is 1.74 bits per heavy atom. The molecular formula is C16H21N3O4. The highest BCUT2D eigenvalue weighted by atomic mass is 16.4. The molecule has 1 heterocycles. The van der Waals surface area contributed by atoms with Gasteiger partial charge in [-0.15, -0.1) is 0 Å². The van der Waals surface area contributed by atoms with E-state index in [1.807, 2.05) is 0 Å². The van der Waals surface area contributed by atoms with E-state index >= 15 is 0 Å². The van der Waals surface area contributed by atoms with Crippen molar-refractivity contribution in [1.29, 1.82) is 0 Å². The van der Waals surface area contributed by atoms with E-state index in [-0.39, 0.29) is 24.4 Å². The van der Waals surface area contributed by atoms with Gasteiger partial charge in [0.2, 0.25) is 5.91 Å². The van der Waals surface area contributed by atoms with Crippen molar-refractivity contribution >= 4 is 28.6 Å². The Morgan fingerprint density at radius 1 is 1.13 bits per heavy atom. The molecule has 0 fully saturated rings. The van der Waals surface area contributed by atoms with E-state index in [0.717, 1.165) is 11.0 Å². The number of aryl methyl sites for hydroxylation is 2. The molecule has 2 rings (SSSR count). The van der Waals surface area contributed by atoms with Crippen molar-refractivity contribution in [1.82, 2.24) is 9.13 Å². The molecule has 0 aliphatic carbocycles. The number of fused-ring (bicyclic) bond motifs is 1. The second-order valence-electron chi connectivity index (χ2n) is 6.56. The van der Waals surface area contributed by atoms with E-state index in [4.69, 9.17) is 5.11 Å². The topological polar surface area (TPSA) is 93.3 Å². The Morgan fingerprint density at radius 3 is 2.35 bits per heavy atom. The zero-order chi connectivity index (χ0) is 17.4. The fraction of sp³-hybridized carbons (Fsp3) is 0.438. The first-order valence-corrected chi connectivity index (χ1v) is 7.28. The first-order chi connectivity index (χ1) is 10.6. The van der Waals surface area contributed by atoms with Crippen LogP contribution in [0.4, 0.5) is 5.69 Å². The Balaban J connectivity index is 2.19. The molecule has 1 aromatic carbocycles. The number of amides is 1. The minimum atomic E-state index is -0.927. The van der Waals surface area contributed by atoms with Crippen LogP contribution >= 0.6 is 0 Å². The van der Waals surface area contributed by atoms with Gasteiger partial charge >= 0.3 is 11.7 Å². The molecule has 0 aliphatic heterocycles. The normalized spacial score (nSPS) is 11.7. The molecule has 124 valence electrons. The van der Waals surface area contributed by atoms with Crippen LogP contribution in [0.5, 0.6) is 0 Å². The van der Waals surface area contributed by atoms with Crippen molar-refractivity contribution in [2.45, 2.75) is 26.7 Å². The number of carbonyl (C=O) groups is 2. The van der Waals surface area contributed by atoms with Gasteiger partial charge in [-0.25, -0.2) is 4.79 Å². The van der Waals surface area contributed by atoms with E-state index in [1.165, 1.54) is 9.13 Å². The maximum Gasteiger partial charge on any atom is 0.328 e. The number of nitrogens with one attached hydrogen (secondary N) is 1. The number of anilines is 1. The van der Waals surface area contributed by atoms with Crippen molar-refractivity contribution in [2.24, 2.45) is 19.5 Å². The molecule has 0 atom stereocenters. The fourth-order valence-corrected chi connectivity index (χ4v) is 2.70. The molecule has 0 radical (unpaired) electrons. The Kier molecular flexibility index (Phi) is 4.31. The number of nitrogens with zero attached hydrogens (tertiary/aromatic N) is 2. The summed E-state index contributed by atoms with van der Waals surface area (Å²) in [6.07, 6.45) is 0.0255. The Hall–Kier alpha value is -2.57. The standard InChI is InChI=1S/C16H21N3O4/c1-16(2,9-14(21)22)8-13(20)17-10-5-6-11-12(7-10)19(4)15(23)18(11)3/h5-7H,8-9H2,1-4H3,(H,17,20)(H,21,22). The van der Waals surface area contributed by atoms with Gasteiger partial charge in [-0.2, -0.15) is 0 Å². The predicted octanol–water partition coefficient (Wildman–Crippen LogP) is 1.71. The molecule has 0 unspecified atom stereocenters. The van der Waals surface area contributed by atoms with Gasteiger partial charge in [0.15, 0.2) is 0 Å². The molecule has 2 N–H and O–H groups in total. The zero-order valence-electron chi connectivity index (χ0n) is 13.7. The third-order valence-corrected chi connectivity index (χ3v) is 3.82. The lowest BCUT2D eigenvalue weighted by Crippen LogP contribution is -2.24. The molecule has 0 bridgehead atoms. The van der Waals surface area contributed by atoms with Gasteiger partial charge in [0, 0.05) is 26.2 Å². The molecule has 7 nitrogen and oxygen atoms in total. The van der Waals surface area contributed by atoms with Gasteiger partial charge in [0.05, 0.1) is 17.5 Å². The van der Waals surface area contributed by atoms with Gasteiger partial charge in [0.25, 0.3) is 0 Å². The van der Waals surface area contributed by atoms with E-state index in [9.17, 15) is 14.4 Å². The summed E-state index contributed by atoms with van der Waals surface area (Å²) in [5.41, 5.74) is 1.32. The summed E-state index contributed by atoms with van der Waals surface area (Å²) in [4.78, 5) is 34.8. The first kappa shape index (κ1) is 16.8. The number of imidazole rings is 1. The quantitative estimate of drug-likeness (QED) is 0.877. The molecular weight excluding hydrogens is 298 g/mol. The van der Waals surface area contributed by atoms with Gasteiger partial charge < -0.3 is 10.4 Å². The van der Waals surface area contributed by atoms with Crippen LogP contribution in [-0.4, -0.2) is 26.1 Å². The van der Waals surface area contributed by atoms with E-state index in [2.05, 4.69) is 5.32 Å². The molecule has 1 aromatic heterocycles. The lowest BCUT2D eigenvalue weighted by Gasteiger charge is -2.21. The molecule has 0 spiro atoms. The monoisotopic (exact) mass is 319 g/mol. The molecule has 23 heavy (non-hydrogen) atoms. The number of rotatable bonds is 5. The van der Waals surface area contributed by atoms with Gasteiger partial charge in [-0.05, 0) is 23.6 Å². The maximum atomic E-state index is 12.1. The average Bonchev–Trinajstić information content (AvgIpc) is 2.61. The number of aromatic nitrogens is 2. The SMILES string of the molecule is Cn1c(=O)n(C)c2cc(NC(=O)CC(C)(C)CC(=O)O)ccc21. The molecule has 0 saturated heterocycles. The number of aliphatic carboxylic acids is 1. The second-order valence-corrected chi connectivity index (χ2v) is 6.56. The number of carboxylic acid groups (broad SMARTS) is 1. The van der Waals surface area contributed by atoms with Crippen LogP contribution < -0.4 is 11.0 Å². The average molecular weight is 319 g/mol. The number of carboxylic acids is 1. The summed E-state index contributed by atoms with van der Waals surface area (Å²) in [5.74, 6) is -1.18. The summed E-state index contributed by atoms with van der Waals surface area (Å²) in [6.45, 7) is 3.48. The number of benzene rings is 1. The molecule has 7 heteroatoms. The summed E-state index contributed by atoms with van der Waals surface area (Å²) in [5, 5.41) is 11.6.